The molecule has 3 heteroatoms. The summed E-state index contributed by atoms with van der Waals surface area (Å²) in [5.74, 6) is 0.678. The lowest BCUT2D eigenvalue weighted by Crippen LogP contribution is -1.75. The second kappa shape index (κ2) is 2.91. The average Bonchev–Trinajstić information content (AvgIpc) is 2.59. The highest BCUT2D eigenvalue weighted by Gasteiger charge is 2.07. The van der Waals surface area contributed by atoms with Gasteiger partial charge in [-0.25, -0.2) is 4.98 Å². The van der Waals surface area contributed by atoms with Gasteiger partial charge in [0.1, 0.15) is 11.6 Å². The topological polar surface area (TPSA) is 49.8 Å². The SMILES string of the molecule is CCc1nc2cccc(C#N)c2o1. The van der Waals surface area contributed by atoms with Crippen molar-refractivity contribution in [2.75, 3.05) is 0 Å². The van der Waals surface area contributed by atoms with Crippen LogP contribution in [-0.2, 0) is 6.42 Å². The number of aromatic nitrogens is 1. The Labute approximate surface area is 75.6 Å². The van der Waals surface area contributed by atoms with E-state index in [1.165, 1.54) is 0 Å². The number of hydrogen-bond donors (Lipinski definition) is 0. The predicted octanol–water partition coefficient (Wildman–Crippen LogP) is 2.26. The van der Waals surface area contributed by atoms with E-state index in [9.17, 15) is 0 Å². The van der Waals surface area contributed by atoms with Gasteiger partial charge in [-0.15, -0.1) is 0 Å². The van der Waals surface area contributed by atoms with Gasteiger partial charge >= 0.3 is 0 Å². The number of fused-ring (bicyclic) bond motifs is 1. The van der Waals surface area contributed by atoms with E-state index in [2.05, 4.69) is 11.1 Å². The monoisotopic (exact) mass is 172 g/mol. The van der Waals surface area contributed by atoms with Crippen molar-refractivity contribution in [3.8, 4) is 6.07 Å². The Bertz CT molecular complexity index is 479. The molecule has 0 bridgehead atoms. The van der Waals surface area contributed by atoms with Crippen molar-refractivity contribution in [1.82, 2.24) is 4.98 Å². The van der Waals surface area contributed by atoms with Crippen molar-refractivity contribution in [3.63, 3.8) is 0 Å². The van der Waals surface area contributed by atoms with Crippen LogP contribution >= 0.6 is 0 Å². The summed E-state index contributed by atoms with van der Waals surface area (Å²) >= 11 is 0. The van der Waals surface area contributed by atoms with E-state index in [-0.39, 0.29) is 0 Å². The second-order valence-electron chi connectivity index (χ2n) is 2.73. The van der Waals surface area contributed by atoms with Crippen molar-refractivity contribution in [1.29, 1.82) is 5.26 Å². The number of rotatable bonds is 1. The molecular formula is C10H8N2O. The molecule has 0 fully saturated rings. The van der Waals surface area contributed by atoms with Gasteiger partial charge in [-0.05, 0) is 12.1 Å². The van der Waals surface area contributed by atoms with Gasteiger partial charge in [0.05, 0.1) is 5.56 Å². The quantitative estimate of drug-likeness (QED) is 0.662. The van der Waals surface area contributed by atoms with E-state index in [4.69, 9.17) is 9.68 Å². The first-order chi connectivity index (χ1) is 6.35. The summed E-state index contributed by atoms with van der Waals surface area (Å²) in [4.78, 5) is 4.22. The van der Waals surface area contributed by atoms with Crippen molar-refractivity contribution in [2.24, 2.45) is 0 Å². The smallest absolute Gasteiger partial charge is 0.195 e. The van der Waals surface area contributed by atoms with E-state index in [1.54, 1.807) is 6.07 Å². The van der Waals surface area contributed by atoms with Crippen molar-refractivity contribution >= 4 is 11.1 Å². The minimum atomic E-state index is 0.546. The number of para-hydroxylation sites is 1. The van der Waals surface area contributed by atoms with Gasteiger partial charge in [0, 0.05) is 6.42 Å². The molecule has 1 heterocycles. The fourth-order valence-corrected chi connectivity index (χ4v) is 1.23. The Kier molecular flexibility index (Phi) is 1.75. The molecule has 0 radical (unpaired) electrons. The van der Waals surface area contributed by atoms with Crippen LogP contribution in [0.25, 0.3) is 11.1 Å². The summed E-state index contributed by atoms with van der Waals surface area (Å²) < 4.78 is 5.41. The third-order valence-electron chi connectivity index (χ3n) is 1.88. The van der Waals surface area contributed by atoms with Crippen LogP contribution in [0.5, 0.6) is 0 Å². The van der Waals surface area contributed by atoms with E-state index in [0.717, 1.165) is 11.9 Å². The maximum Gasteiger partial charge on any atom is 0.195 e. The van der Waals surface area contributed by atoms with Gasteiger partial charge in [-0.3, -0.25) is 0 Å². The van der Waals surface area contributed by atoms with E-state index < -0.39 is 0 Å². The first kappa shape index (κ1) is 7.81. The van der Waals surface area contributed by atoms with Crippen molar-refractivity contribution in [2.45, 2.75) is 13.3 Å². The molecule has 1 aromatic heterocycles. The maximum absolute atomic E-state index is 8.78. The fourth-order valence-electron chi connectivity index (χ4n) is 1.23. The highest BCUT2D eigenvalue weighted by molar-refractivity contribution is 5.78. The van der Waals surface area contributed by atoms with Gasteiger partial charge in [0.25, 0.3) is 0 Å². The van der Waals surface area contributed by atoms with Crippen LogP contribution in [-0.4, -0.2) is 4.98 Å². The first-order valence-corrected chi connectivity index (χ1v) is 4.13. The summed E-state index contributed by atoms with van der Waals surface area (Å²) in [7, 11) is 0. The zero-order valence-electron chi connectivity index (χ0n) is 7.24. The fraction of sp³-hybridized carbons (Fsp3) is 0.200. The van der Waals surface area contributed by atoms with Crippen LogP contribution in [0.15, 0.2) is 22.6 Å². The number of hydrogen-bond acceptors (Lipinski definition) is 3. The summed E-state index contributed by atoms with van der Waals surface area (Å²) in [6, 6.07) is 7.46. The Morgan fingerprint density at radius 2 is 2.38 bits per heavy atom. The van der Waals surface area contributed by atoms with Crippen LogP contribution < -0.4 is 0 Å². The summed E-state index contributed by atoms with van der Waals surface area (Å²) in [5.41, 5.74) is 1.91. The molecule has 0 aliphatic heterocycles. The standard InChI is InChI=1S/C10H8N2O/c1-2-9-12-8-5-3-4-7(6-11)10(8)13-9/h3-5H,2H2,1H3. The summed E-state index contributed by atoms with van der Waals surface area (Å²) in [5, 5.41) is 8.78. The van der Waals surface area contributed by atoms with Crippen molar-refractivity contribution in [3.05, 3.63) is 29.7 Å². The Hall–Kier alpha value is -1.82. The summed E-state index contributed by atoms with van der Waals surface area (Å²) in [6.07, 6.45) is 0.750. The Morgan fingerprint density at radius 3 is 3.08 bits per heavy atom. The number of oxazole rings is 1. The molecule has 0 spiro atoms. The Morgan fingerprint density at radius 1 is 1.54 bits per heavy atom. The van der Waals surface area contributed by atoms with Gasteiger partial charge in [0.2, 0.25) is 0 Å². The highest BCUT2D eigenvalue weighted by Crippen LogP contribution is 2.19. The van der Waals surface area contributed by atoms with E-state index in [0.29, 0.717) is 17.0 Å². The molecule has 0 atom stereocenters. The van der Waals surface area contributed by atoms with Crippen LogP contribution in [0.4, 0.5) is 0 Å². The molecule has 0 unspecified atom stereocenters. The number of benzene rings is 1. The van der Waals surface area contributed by atoms with Crippen molar-refractivity contribution < 1.29 is 4.42 Å². The van der Waals surface area contributed by atoms with Gasteiger partial charge in [-0.2, -0.15) is 5.26 Å². The van der Waals surface area contributed by atoms with Gasteiger partial charge in [0.15, 0.2) is 11.5 Å². The lowest BCUT2D eigenvalue weighted by atomic mass is 10.2. The Balaban J connectivity index is 2.76. The molecular weight excluding hydrogens is 164 g/mol. The first-order valence-electron chi connectivity index (χ1n) is 4.13. The molecule has 1 aromatic carbocycles. The van der Waals surface area contributed by atoms with Crippen LogP contribution in [0, 0.1) is 11.3 Å². The summed E-state index contributed by atoms with van der Waals surface area (Å²) in [6.45, 7) is 1.97. The molecule has 0 N–H and O–H groups in total. The molecule has 0 aliphatic rings. The predicted molar refractivity (Wildman–Crippen MR) is 48.1 cm³/mol. The van der Waals surface area contributed by atoms with Crippen LogP contribution in [0.1, 0.15) is 18.4 Å². The molecule has 0 saturated heterocycles. The minimum Gasteiger partial charge on any atom is -0.439 e. The largest absolute Gasteiger partial charge is 0.439 e. The lowest BCUT2D eigenvalue weighted by Gasteiger charge is -1.87. The zero-order valence-corrected chi connectivity index (χ0v) is 7.24. The van der Waals surface area contributed by atoms with E-state index in [1.807, 2.05) is 19.1 Å². The third kappa shape index (κ3) is 1.17. The van der Waals surface area contributed by atoms with Crippen LogP contribution in [0.3, 0.4) is 0 Å². The number of aryl methyl sites for hydroxylation is 1. The number of nitriles is 1. The normalized spacial score (nSPS) is 10.2. The lowest BCUT2D eigenvalue weighted by molar-refractivity contribution is 0.537. The third-order valence-corrected chi connectivity index (χ3v) is 1.88. The number of nitrogens with zero attached hydrogens (tertiary/aromatic N) is 2. The molecule has 2 aromatic rings. The molecule has 3 nitrogen and oxygen atoms in total. The highest BCUT2D eigenvalue weighted by atomic mass is 16.3. The van der Waals surface area contributed by atoms with Crippen LogP contribution in [0.2, 0.25) is 0 Å². The second-order valence-corrected chi connectivity index (χ2v) is 2.73. The molecule has 64 valence electrons. The molecule has 0 saturated carbocycles. The van der Waals surface area contributed by atoms with Gasteiger partial charge < -0.3 is 4.42 Å². The van der Waals surface area contributed by atoms with Gasteiger partial charge in [-0.1, -0.05) is 13.0 Å². The molecule has 2 rings (SSSR count). The maximum atomic E-state index is 8.78. The molecule has 0 amide bonds. The average molecular weight is 172 g/mol. The van der Waals surface area contributed by atoms with E-state index >= 15 is 0 Å². The molecule has 13 heavy (non-hydrogen) atoms. The molecule has 0 aliphatic carbocycles. The zero-order chi connectivity index (χ0) is 9.26. The minimum absolute atomic E-state index is 0.546.